The van der Waals surface area contributed by atoms with E-state index in [4.69, 9.17) is 11.6 Å². The van der Waals surface area contributed by atoms with Gasteiger partial charge in [0, 0.05) is 25.0 Å². The molecule has 1 saturated heterocycles. The molecule has 132 valence electrons. The van der Waals surface area contributed by atoms with Gasteiger partial charge < -0.3 is 5.32 Å². The molecule has 1 aromatic heterocycles. The molecule has 2 N–H and O–H groups in total. The second-order valence-corrected chi connectivity index (χ2v) is 6.71. The number of carbonyl (C=O) groups excluding carboxylic acids is 1. The Morgan fingerprint density at radius 2 is 1.92 bits per heavy atom. The first kappa shape index (κ1) is 17.6. The number of rotatable bonds is 4. The van der Waals surface area contributed by atoms with Crippen molar-refractivity contribution < 1.29 is 4.79 Å². The molecule has 0 aliphatic carbocycles. The van der Waals surface area contributed by atoms with Gasteiger partial charge in [0.25, 0.3) is 0 Å². The van der Waals surface area contributed by atoms with Gasteiger partial charge in [0.1, 0.15) is 0 Å². The van der Waals surface area contributed by atoms with Crippen LogP contribution < -0.4 is 10.7 Å². The van der Waals surface area contributed by atoms with Crippen LogP contribution in [0.2, 0.25) is 5.02 Å². The van der Waals surface area contributed by atoms with Crippen molar-refractivity contribution in [1.29, 1.82) is 0 Å². The van der Waals surface area contributed by atoms with Gasteiger partial charge >= 0.3 is 0 Å². The third kappa shape index (κ3) is 4.46. The highest BCUT2D eigenvalue weighted by Crippen LogP contribution is 2.34. The maximum absolute atomic E-state index is 11.0. The van der Waals surface area contributed by atoms with E-state index in [1.54, 1.807) is 12.4 Å². The Morgan fingerprint density at radius 1 is 1.24 bits per heavy atom. The summed E-state index contributed by atoms with van der Waals surface area (Å²) in [5.41, 5.74) is 6.19. The van der Waals surface area contributed by atoms with E-state index in [1.165, 1.54) is 12.5 Å². The van der Waals surface area contributed by atoms with E-state index in [-0.39, 0.29) is 5.91 Å². The normalized spacial score (nSPS) is 15.8. The molecule has 0 atom stereocenters. The monoisotopic (exact) mass is 359 g/mol. The van der Waals surface area contributed by atoms with Gasteiger partial charge in [-0.1, -0.05) is 29.8 Å². The number of amides is 1. The quantitative estimate of drug-likeness (QED) is 0.872. The lowest BCUT2D eigenvalue weighted by atomic mass is 9.89. The smallest absolute Gasteiger partial charge is 0.237 e. The topological polar surface area (TPSA) is 70.2 Å². The summed E-state index contributed by atoms with van der Waals surface area (Å²) in [5.74, 6) is 0.871. The minimum absolute atomic E-state index is 0.138. The highest BCUT2D eigenvalue weighted by atomic mass is 35.5. The minimum Gasteiger partial charge on any atom is -0.324 e. The predicted octanol–water partition coefficient (Wildman–Crippen LogP) is 3.60. The molecule has 0 bridgehead atoms. The molecule has 0 spiro atoms. The molecule has 0 radical (unpaired) electrons. The second-order valence-electron chi connectivity index (χ2n) is 6.33. The molecule has 0 unspecified atom stereocenters. The highest BCUT2D eigenvalue weighted by Gasteiger charge is 2.23. The number of aromatic nitrogens is 2. The SMILES string of the molecule is CC(=O)Nc1cnc(NN2CCC(c3cccc(C)c3Cl)CC2)nc1. The zero-order chi connectivity index (χ0) is 17.8. The maximum atomic E-state index is 11.0. The van der Waals surface area contributed by atoms with Gasteiger partial charge in [-0.25, -0.2) is 15.0 Å². The van der Waals surface area contributed by atoms with E-state index < -0.39 is 0 Å². The molecule has 1 aliphatic heterocycles. The second kappa shape index (κ2) is 7.80. The van der Waals surface area contributed by atoms with Gasteiger partial charge in [0.05, 0.1) is 18.1 Å². The lowest BCUT2D eigenvalue weighted by molar-refractivity contribution is -0.114. The first-order valence-electron chi connectivity index (χ1n) is 8.39. The summed E-state index contributed by atoms with van der Waals surface area (Å²) >= 11 is 6.46. The largest absolute Gasteiger partial charge is 0.324 e. The first-order chi connectivity index (χ1) is 12.0. The van der Waals surface area contributed by atoms with Crippen molar-refractivity contribution in [2.24, 2.45) is 0 Å². The van der Waals surface area contributed by atoms with Crippen molar-refractivity contribution in [3.8, 4) is 0 Å². The number of hydrogen-bond donors (Lipinski definition) is 2. The van der Waals surface area contributed by atoms with Gasteiger partial charge in [-0.3, -0.25) is 10.2 Å². The molecule has 1 aromatic carbocycles. The number of anilines is 2. The fourth-order valence-electron chi connectivity index (χ4n) is 3.08. The molecule has 0 saturated carbocycles. The van der Waals surface area contributed by atoms with Crippen LogP contribution in [0.25, 0.3) is 0 Å². The Bertz CT molecular complexity index is 742. The van der Waals surface area contributed by atoms with Crippen molar-refractivity contribution in [1.82, 2.24) is 15.0 Å². The third-order valence-corrected chi connectivity index (χ3v) is 4.90. The van der Waals surface area contributed by atoms with Gasteiger partial charge in [0.2, 0.25) is 11.9 Å². The number of nitrogens with zero attached hydrogens (tertiary/aromatic N) is 3. The molecule has 2 heterocycles. The van der Waals surface area contributed by atoms with Crippen LogP contribution in [0, 0.1) is 6.92 Å². The van der Waals surface area contributed by atoms with E-state index in [2.05, 4.69) is 37.9 Å². The average molecular weight is 360 g/mol. The number of carbonyl (C=O) groups is 1. The Morgan fingerprint density at radius 3 is 2.56 bits per heavy atom. The molecule has 1 amide bonds. The van der Waals surface area contributed by atoms with Crippen molar-refractivity contribution in [2.45, 2.75) is 32.6 Å². The summed E-state index contributed by atoms with van der Waals surface area (Å²) in [6.07, 6.45) is 5.24. The van der Waals surface area contributed by atoms with Crippen LogP contribution >= 0.6 is 11.6 Å². The van der Waals surface area contributed by atoms with Gasteiger partial charge in [-0.15, -0.1) is 0 Å². The third-order valence-electron chi connectivity index (χ3n) is 4.39. The molecule has 6 nitrogen and oxygen atoms in total. The van der Waals surface area contributed by atoms with E-state index >= 15 is 0 Å². The van der Waals surface area contributed by atoms with Crippen LogP contribution in [-0.2, 0) is 4.79 Å². The molecule has 1 aliphatic rings. The fraction of sp³-hybridized carbons (Fsp3) is 0.389. The number of hydrogen-bond acceptors (Lipinski definition) is 5. The molecular weight excluding hydrogens is 338 g/mol. The summed E-state index contributed by atoms with van der Waals surface area (Å²) < 4.78 is 0. The molecule has 3 rings (SSSR count). The predicted molar refractivity (Wildman–Crippen MR) is 99.7 cm³/mol. The van der Waals surface area contributed by atoms with E-state index in [0.717, 1.165) is 36.5 Å². The lowest BCUT2D eigenvalue weighted by Gasteiger charge is -2.32. The van der Waals surface area contributed by atoms with Gasteiger partial charge in [0.15, 0.2) is 0 Å². The summed E-state index contributed by atoms with van der Waals surface area (Å²) in [6, 6.07) is 6.25. The number of benzene rings is 1. The molecule has 25 heavy (non-hydrogen) atoms. The maximum Gasteiger partial charge on any atom is 0.237 e. The number of aryl methyl sites for hydroxylation is 1. The Hall–Kier alpha value is -2.18. The van der Waals surface area contributed by atoms with Crippen LogP contribution in [0.3, 0.4) is 0 Å². The number of nitrogens with one attached hydrogen (secondary N) is 2. The Kier molecular flexibility index (Phi) is 5.50. The van der Waals surface area contributed by atoms with Crippen molar-refractivity contribution >= 4 is 29.1 Å². The summed E-state index contributed by atoms with van der Waals surface area (Å²) in [6.45, 7) is 5.29. The van der Waals surface area contributed by atoms with E-state index in [9.17, 15) is 4.79 Å². The molecular formula is C18H22ClN5O. The summed E-state index contributed by atoms with van der Waals surface area (Å²) in [4.78, 5) is 19.5. The lowest BCUT2D eigenvalue weighted by Crippen LogP contribution is -2.38. The number of halogens is 1. The standard InChI is InChI=1S/C18H22ClN5O/c1-12-4-3-5-16(17(12)19)14-6-8-24(9-7-14)23-18-20-10-15(11-21-18)22-13(2)25/h3-5,10-11,14H,6-9H2,1-2H3,(H,22,25)(H,20,21,23). The zero-order valence-electron chi connectivity index (χ0n) is 14.4. The van der Waals surface area contributed by atoms with Crippen LogP contribution in [0.15, 0.2) is 30.6 Å². The Labute approximate surface area is 152 Å². The minimum atomic E-state index is -0.138. The van der Waals surface area contributed by atoms with Crippen molar-refractivity contribution in [3.63, 3.8) is 0 Å². The van der Waals surface area contributed by atoms with Crippen LogP contribution in [0.5, 0.6) is 0 Å². The van der Waals surface area contributed by atoms with Gasteiger partial charge in [-0.2, -0.15) is 0 Å². The van der Waals surface area contributed by atoms with E-state index in [1.807, 2.05) is 13.0 Å². The van der Waals surface area contributed by atoms with Gasteiger partial charge in [-0.05, 0) is 36.8 Å². The molecule has 2 aromatic rings. The van der Waals surface area contributed by atoms with Crippen LogP contribution in [0.1, 0.15) is 36.8 Å². The Balaban J connectivity index is 1.56. The fourth-order valence-corrected chi connectivity index (χ4v) is 3.36. The highest BCUT2D eigenvalue weighted by molar-refractivity contribution is 6.32. The number of piperidine rings is 1. The summed E-state index contributed by atoms with van der Waals surface area (Å²) in [5, 5.41) is 5.66. The van der Waals surface area contributed by atoms with Crippen LogP contribution in [0.4, 0.5) is 11.6 Å². The van der Waals surface area contributed by atoms with Crippen molar-refractivity contribution in [3.05, 3.63) is 46.7 Å². The van der Waals surface area contributed by atoms with Crippen molar-refractivity contribution in [2.75, 3.05) is 23.8 Å². The number of hydrazine groups is 1. The molecule has 1 fully saturated rings. The average Bonchev–Trinajstić information content (AvgIpc) is 2.59. The van der Waals surface area contributed by atoms with Crippen LogP contribution in [-0.4, -0.2) is 34.0 Å². The molecule has 7 heteroatoms. The summed E-state index contributed by atoms with van der Waals surface area (Å²) in [7, 11) is 0. The van der Waals surface area contributed by atoms with E-state index in [0.29, 0.717) is 17.6 Å². The zero-order valence-corrected chi connectivity index (χ0v) is 15.2. The first-order valence-corrected chi connectivity index (χ1v) is 8.77.